The maximum atomic E-state index is 13.2. The van der Waals surface area contributed by atoms with E-state index in [0.29, 0.717) is 30.8 Å². The standard InChI is InChI=1S/C20H30N4O5S/c1-15-12-18(24(26)27)13-19(17(15)3)30(28,29)22-10-8-21(9-11-22)14-20(25)23-7-5-4-6-16(23)2/h12-13,16H,4-11,14H2,1-3H3. The Hall–Kier alpha value is -2.04. The molecule has 1 aromatic carbocycles. The maximum absolute atomic E-state index is 13.2. The first-order valence-corrected chi connectivity index (χ1v) is 11.8. The number of nitrogens with zero attached hydrogens (tertiary/aromatic N) is 4. The van der Waals surface area contributed by atoms with E-state index in [1.165, 1.54) is 10.4 Å². The molecule has 2 fully saturated rings. The minimum absolute atomic E-state index is 0.0131. The Morgan fingerprint density at radius 3 is 2.40 bits per heavy atom. The number of hydrogen-bond acceptors (Lipinski definition) is 6. The van der Waals surface area contributed by atoms with Crippen molar-refractivity contribution in [1.82, 2.24) is 14.1 Å². The molecule has 0 radical (unpaired) electrons. The summed E-state index contributed by atoms with van der Waals surface area (Å²) < 4.78 is 27.7. The van der Waals surface area contributed by atoms with E-state index in [9.17, 15) is 23.3 Å². The van der Waals surface area contributed by atoms with Crippen molar-refractivity contribution in [3.63, 3.8) is 0 Å². The van der Waals surface area contributed by atoms with Crippen LogP contribution in [0.25, 0.3) is 0 Å². The third-order valence-corrected chi connectivity index (χ3v) is 8.27. The Bertz CT molecular complexity index is 925. The lowest BCUT2D eigenvalue weighted by Crippen LogP contribution is -2.53. The number of rotatable bonds is 5. The summed E-state index contributed by atoms with van der Waals surface area (Å²) in [5.41, 5.74) is 0.872. The Balaban J connectivity index is 1.67. The molecule has 3 rings (SSSR count). The fourth-order valence-corrected chi connectivity index (χ4v) is 5.94. The van der Waals surface area contributed by atoms with E-state index < -0.39 is 14.9 Å². The number of piperidine rings is 1. The number of carbonyl (C=O) groups excluding carboxylic acids is 1. The van der Waals surface area contributed by atoms with Crippen LogP contribution < -0.4 is 0 Å². The summed E-state index contributed by atoms with van der Waals surface area (Å²) in [5.74, 6) is 0.101. The van der Waals surface area contributed by atoms with Crippen molar-refractivity contribution < 1.29 is 18.1 Å². The second-order valence-corrected chi connectivity index (χ2v) is 10.2. The normalized spacial score (nSPS) is 21.6. The second kappa shape index (κ2) is 8.99. The Kier molecular flexibility index (Phi) is 6.78. The highest BCUT2D eigenvalue weighted by atomic mass is 32.2. The first-order chi connectivity index (χ1) is 14.1. The predicted octanol–water partition coefficient (Wildman–Crippen LogP) is 1.92. The van der Waals surface area contributed by atoms with Crippen molar-refractivity contribution in [2.45, 2.75) is 51.0 Å². The lowest BCUT2D eigenvalue weighted by molar-refractivity contribution is -0.385. The highest BCUT2D eigenvalue weighted by Crippen LogP contribution is 2.28. The van der Waals surface area contributed by atoms with Gasteiger partial charge in [0.1, 0.15) is 0 Å². The van der Waals surface area contributed by atoms with E-state index in [1.54, 1.807) is 13.8 Å². The summed E-state index contributed by atoms with van der Waals surface area (Å²) in [6.07, 6.45) is 3.21. The molecule has 2 saturated heterocycles. The fraction of sp³-hybridized carbons (Fsp3) is 0.650. The van der Waals surface area contributed by atoms with Gasteiger partial charge in [0.25, 0.3) is 5.69 Å². The van der Waals surface area contributed by atoms with Crippen molar-refractivity contribution in [3.05, 3.63) is 33.4 Å². The van der Waals surface area contributed by atoms with Crippen molar-refractivity contribution >= 4 is 21.6 Å². The molecule has 166 valence electrons. The van der Waals surface area contributed by atoms with Gasteiger partial charge in [0.15, 0.2) is 0 Å². The molecule has 9 nitrogen and oxygen atoms in total. The van der Waals surface area contributed by atoms with Gasteiger partial charge < -0.3 is 4.90 Å². The lowest BCUT2D eigenvalue weighted by Gasteiger charge is -2.37. The zero-order chi connectivity index (χ0) is 22.1. The molecule has 1 unspecified atom stereocenters. The van der Waals surface area contributed by atoms with Crippen LogP contribution in [0.3, 0.4) is 0 Å². The number of non-ortho nitro benzene ring substituents is 1. The molecule has 0 N–H and O–H groups in total. The van der Waals surface area contributed by atoms with Crippen LogP contribution in [0.1, 0.15) is 37.3 Å². The first kappa shape index (κ1) is 22.6. The summed E-state index contributed by atoms with van der Waals surface area (Å²) in [6, 6.07) is 2.79. The van der Waals surface area contributed by atoms with Crippen LogP contribution in [0.5, 0.6) is 0 Å². The largest absolute Gasteiger partial charge is 0.339 e. The van der Waals surface area contributed by atoms with Gasteiger partial charge in [-0.15, -0.1) is 0 Å². The summed E-state index contributed by atoms with van der Waals surface area (Å²) in [5, 5.41) is 11.2. The maximum Gasteiger partial charge on any atom is 0.271 e. The number of sulfonamides is 1. The average Bonchev–Trinajstić information content (AvgIpc) is 2.70. The number of likely N-dealkylation sites (tertiary alicyclic amines) is 1. The van der Waals surface area contributed by atoms with E-state index in [4.69, 9.17) is 0 Å². The highest BCUT2D eigenvalue weighted by molar-refractivity contribution is 7.89. The molecule has 0 spiro atoms. The number of aryl methyl sites for hydroxylation is 1. The number of hydrogen-bond donors (Lipinski definition) is 0. The second-order valence-electron chi connectivity index (χ2n) is 8.26. The first-order valence-electron chi connectivity index (χ1n) is 10.4. The monoisotopic (exact) mass is 438 g/mol. The minimum Gasteiger partial charge on any atom is -0.339 e. The molecule has 2 aliphatic rings. The molecule has 2 aliphatic heterocycles. The van der Waals surface area contributed by atoms with E-state index >= 15 is 0 Å². The van der Waals surface area contributed by atoms with E-state index in [1.807, 2.05) is 9.80 Å². The number of amides is 1. The molecular formula is C20H30N4O5S. The van der Waals surface area contributed by atoms with E-state index in [2.05, 4.69) is 6.92 Å². The molecule has 0 aromatic heterocycles. The molecule has 2 heterocycles. The van der Waals surface area contributed by atoms with Crippen molar-refractivity contribution in [3.8, 4) is 0 Å². The Labute approximate surface area is 177 Å². The lowest BCUT2D eigenvalue weighted by atomic mass is 10.0. The van der Waals surface area contributed by atoms with Crippen LogP contribution in [0.2, 0.25) is 0 Å². The van der Waals surface area contributed by atoms with Gasteiger partial charge in [-0.05, 0) is 51.2 Å². The number of nitro benzene ring substituents is 1. The van der Waals surface area contributed by atoms with Gasteiger partial charge in [0.2, 0.25) is 15.9 Å². The van der Waals surface area contributed by atoms with Crippen molar-refractivity contribution in [2.24, 2.45) is 0 Å². The van der Waals surface area contributed by atoms with Gasteiger partial charge in [-0.1, -0.05) is 0 Å². The highest BCUT2D eigenvalue weighted by Gasteiger charge is 2.33. The predicted molar refractivity (Wildman–Crippen MR) is 113 cm³/mol. The van der Waals surface area contributed by atoms with Crippen LogP contribution in [0.4, 0.5) is 5.69 Å². The smallest absolute Gasteiger partial charge is 0.271 e. The molecule has 0 aliphatic carbocycles. The molecule has 1 atom stereocenters. The summed E-state index contributed by atoms with van der Waals surface area (Å²) >= 11 is 0. The van der Waals surface area contributed by atoms with Crippen LogP contribution in [-0.2, 0) is 14.8 Å². The Morgan fingerprint density at radius 1 is 1.13 bits per heavy atom. The third-order valence-electron chi connectivity index (χ3n) is 6.25. The van der Waals surface area contributed by atoms with Gasteiger partial charge in [0, 0.05) is 50.9 Å². The van der Waals surface area contributed by atoms with Gasteiger partial charge in [0.05, 0.1) is 16.4 Å². The molecule has 10 heteroatoms. The van der Waals surface area contributed by atoms with Crippen LogP contribution in [0, 0.1) is 24.0 Å². The SMILES string of the molecule is Cc1cc([N+](=O)[O-])cc(S(=O)(=O)N2CCN(CC(=O)N3CCCCC3C)CC2)c1C. The topological polar surface area (TPSA) is 104 Å². The van der Waals surface area contributed by atoms with Gasteiger partial charge >= 0.3 is 0 Å². The number of piperazine rings is 1. The molecule has 0 bridgehead atoms. The fourth-order valence-electron chi connectivity index (χ4n) is 4.20. The summed E-state index contributed by atoms with van der Waals surface area (Å²) in [6.45, 7) is 7.93. The molecule has 1 amide bonds. The number of nitro groups is 1. The molecular weight excluding hydrogens is 408 g/mol. The van der Waals surface area contributed by atoms with Gasteiger partial charge in [-0.25, -0.2) is 8.42 Å². The number of carbonyl (C=O) groups is 1. The van der Waals surface area contributed by atoms with Gasteiger partial charge in [-0.3, -0.25) is 19.8 Å². The van der Waals surface area contributed by atoms with E-state index in [0.717, 1.165) is 31.9 Å². The average molecular weight is 439 g/mol. The molecule has 1 aromatic rings. The van der Waals surface area contributed by atoms with E-state index in [-0.39, 0.29) is 35.6 Å². The molecule has 0 saturated carbocycles. The zero-order valence-corrected chi connectivity index (χ0v) is 18.7. The van der Waals surface area contributed by atoms with Crippen molar-refractivity contribution in [1.29, 1.82) is 0 Å². The van der Waals surface area contributed by atoms with Crippen LogP contribution in [-0.4, -0.2) is 78.7 Å². The van der Waals surface area contributed by atoms with Gasteiger partial charge in [-0.2, -0.15) is 4.31 Å². The zero-order valence-electron chi connectivity index (χ0n) is 17.8. The van der Waals surface area contributed by atoms with Crippen LogP contribution >= 0.6 is 0 Å². The Morgan fingerprint density at radius 2 is 1.80 bits per heavy atom. The van der Waals surface area contributed by atoms with Crippen LogP contribution in [0.15, 0.2) is 17.0 Å². The quantitative estimate of drug-likeness (QED) is 0.514. The number of benzene rings is 1. The molecule has 30 heavy (non-hydrogen) atoms. The summed E-state index contributed by atoms with van der Waals surface area (Å²) in [4.78, 5) is 27.2. The third kappa shape index (κ3) is 4.65. The summed E-state index contributed by atoms with van der Waals surface area (Å²) in [7, 11) is -3.85. The van der Waals surface area contributed by atoms with Crippen molar-refractivity contribution in [2.75, 3.05) is 39.3 Å². The minimum atomic E-state index is -3.85.